The van der Waals surface area contributed by atoms with Gasteiger partial charge in [-0.2, -0.15) is 0 Å². The number of esters is 2. The third-order valence-corrected chi connectivity index (χ3v) is 12.7. The normalized spacial score (nSPS) is 15.3. The highest BCUT2D eigenvalue weighted by molar-refractivity contribution is 7.47. The van der Waals surface area contributed by atoms with Crippen LogP contribution in [0.2, 0.25) is 0 Å². The van der Waals surface area contributed by atoms with E-state index in [9.17, 15) is 43.8 Å². The van der Waals surface area contributed by atoms with Crippen molar-refractivity contribution < 1.29 is 71.4 Å². The van der Waals surface area contributed by atoms with Gasteiger partial charge in [0.25, 0.3) is 0 Å². The van der Waals surface area contributed by atoms with Crippen LogP contribution in [-0.4, -0.2) is 95.0 Å². The van der Waals surface area contributed by atoms with E-state index < -0.39 is 85.5 Å². The number of carbonyl (C=O) groups excluding carboxylic acids is 2. The maximum absolute atomic E-state index is 12.2. The molecule has 398 valence electrons. The largest absolute Gasteiger partial charge is 0.472 e. The molecule has 0 heterocycles. The fraction of sp³-hybridized carbons (Fsp3) is 0.804. The Morgan fingerprint density at radius 2 is 0.676 bits per heavy atom. The molecule has 0 fully saturated rings. The lowest BCUT2D eigenvalue weighted by Crippen LogP contribution is -2.25. The number of unbranched alkanes of at least 4 members (excludes halogenated alkanes) is 23. The van der Waals surface area contributed by atoms with E-state index >= 15 is 0 Å². The monoisotopic (exact) mass is 1010 g/mol. The molecular weight excluding hydrogens is 914 g/mol. The standard InChI is InChI=1S/C51H94O15P2/c1-3-5-7-9-11-13-15-17-19-20-21-22-23-24-26-28-30-32-34-36-38-40-51(56)62-42-48(53)44-64-68(59,60)66-46-49(54)45-65-67(57,58)63-43-47(52)41-61-50(55)39-37-35-33-31-29-27-25-18-16-14-12-10-8-6-4-2/h11-14,16-19,47-49,52-54H,3-10,15,20-46H2,1-2H3,(H,57,58)(H,59,60)/b13-11-,14-12+,18-16+,19-17-. The summed E-state index contributed by atoms with van der Waals surface area (Å²) < 4.78 is 53.1. The average molecular weight is 1010 g/mol. The highest BCUT2D eigenvalue weighted by Crippen LogP contribution is 2.45. The summed E-state index contributed by atoms with van der Waals surface area (Å²) in [7, 11) is -9.58. The number of aliphatic hydroxyl groups is 3. The second kappa shape index (κ2) is 47.3. The highest BCUT2D eigenvalue weighted by Gasteiger charge is 2.28. The summed E-state index contributed by atoms with van der Waals surface area (Å²) in [6, 6.07) is 0. The predicted octanol–water partition coefficient (Wildman–Crippen LogP) is 12.4. The van der Waals surface area contributed by atoms with E-state index in [1.165, 1.54) is 89.9 Å². The number of allylic oxidation sites excluding steroid dienone is 8. The van der Waals surface area contributed by atoms with Gasteiger partial charge in [0.1, 0.15) is 31.5 Å². The van der Waals surface area contributed by atoms with Crippen molar-refractivity contribution in [2.24, 2.45) is 0 Å². The lowest BCUT2D eigenvalue weighted by atomic mass is 10.0. The SMILES string of the molecule is CCCCC/C=C\C/C=C\CCCCCCCCCCCCCC(=O)OCC(O)COP(=O)(O)OCC(O)COP(=O)(O)OCC(O)COC(=O)CCCCCCCC/C=C/C=C/CCCCC. The number of hydrogen-bond donors (Lipinski definition) is 5. The quantitative estimate of drug-likeness (QED) is 0.0126. The molecule has 0 aliphatic rings. The van der Waals surface area contributed by atoms with E-state index in [-0.39, 0.29) is 12.8 Å². The van der Waals surface area contributed by atoms with Crippen LogP contribution in [-0.2, 0) is 46.3 Å². The molecule has 0 aliphatic heterocycles. The number of aliphatic hydroxyl groups excluding tert-OH is 3. The van der Waals surface area contributed by atoms with Gasteiger partial charge in [-0.05, 0) is 70.6 Å². The van der Waals surface area contributed by atoms with Crippen molar-refractivity contribution in [2.75, 3.05) is 39.6 Å². The van der Waals surface area contributed by atoms with Gasteiger partial charge in [0.05, 0.1) is 26.4 Å². The first-order valence-electron chi connectivity index (χ1n) is 26.0. The van der Waals surface area contributed by atoms with Gasteiger partial charge >= 0.3 is 27.6 Å². The molecule has 0 aliphatic carbocycles. The van der Waals surface area contributed by atoms with E-state index in [0.717, 1.165) is 77.0 Å². The first kappa shape index (κ1) is 66.0. The van der Waals surface area contributed by atoms with E-state index in [2.05, 4.69) is 76.0 Å². The van der Waals surface area contributed by atoms with Crippen LogP contribution in [0.4, 0.5) is 0 Å². The molecular formula is C51H94O15P2. The van der Waals surface area contributed by atoms with Crippen LogP contribution in [0.3, 0.4) is 0 Å². The Labute approximate surface area is 410 Å². The van der Waals surface area contributed by atoms with Crippen molar-refractivity contribution in [1.82, 2.24) is 0 Å². The molecule has 0 amide bonds. The zero-order valence-corrected chi connectivity index (χ0v) is 43.8. The predicted molar refractivity (Wildman–Crippen MR) is 270 cm³/mol. The second-order valence-corrected chi connectivity index (χ2v) is 20.5. The lowest BCUT2D eigenvalue weighted by Gasteiger charge is -2.19. The minimum atomic E-state index is -4.79. The second-order valence-electron chi connectivity index (χ2n) is 17.6. The summed E-state index contributed by atoms with van der Waals surface area (Å²) in [5, 5.41) is 30.1. The molecule has 0 aromatic heterocycles. The van der Waals surface area contributed by atoms with Gasteiger partial charge in [0.15, 0.2) is 0 Å². The highest BCUT2D eigenvalue weighted by atomic mass is 31.2. The molecule has 68 heavy (non-hydrogen) atoms. The number of hydrogen-bond acceptors (Lipinski definition) is 13. The van der Waals surface area contributed by atoms with Gasteiger partial charge in [-0.3, -0.25) is 27.7 Å². The maximum Gasteiger partial charge on any atom is 0.472 e. The number of carbonyl (C=O) groups is 2. The summed E-state index contributed by atoms with van der Waals surface area (Å²) in [6.45, 7) is 0.369. The minimum absolute atomic E-state index is 0.183. The summed E-state index contributed by atoms with van der Waals surface area (Å²) in [4.78, 5) is 43.8. The summed E-state index contributed by atoms with van der Waals surface area (Å²) >= 11 is 0. The van der Waals surface area contributed by atoms with Crippen LogP contribution in [0.5, 0.6) is 0 Å². The molecule has 0 saturated carbocycles. The van der Waals surface area contributed by atoms with E-state index in [1.807, 2.05) is 0 Å². The summed E-state index contributed by atoms with van der Waals surface area (Å²) in [5.41, 5.74) is 0. The van der Waals surface area contributed by atoms with Gasteiger partial charge in [0, 0.05) is 12.8 Å². The van der Waals surface area contributed by atoms with Crippen LogP contribution in [0, 0.1) is 0 Å². The maximum atomic E-state index is 12.2. The molecule has 5 N–H and O–H groups in total. The Morgan fingerprint density at radius 1 is 0.397 bits per heavy atom. The average Bonchev–Trinajstić information content (AvgIpc) is 3.31. The third kappa shape index (κ3) is 49.0. The number of phosphoric ester groups is 2. The summed E-state index contributed by atoms with van der Waals surface area (Å²) in [5.74, 6) is -1.01. The molecule has 0 spiro atoms. The van der Waals surface area contributed by atoms with Crippen molar-refractivity contribution in [3.8, 4) is 0 Å². The molecule has 0 rings (SSSR count). The molecule has 5 atom stereocenters. The molecule has 15 nitrogen and oxygen atoms in total. The van der Waals surface area contributed by atoms with E-state index in [1.54, 1.807) is 0 Å². The number of phosphoric acid groups is 2. The molecule has 0 saturated heterocycles. The first-order valence-corrected chi connectivity index (χ1v) is 29.0. The minimum Gasteiger partial charge on any atom is -0.463 e. The van der Waals surface area contributed by atoms with Gasteiger partial charge in [0.2, 0.25) is 0 Å². The Hall–Kier alpha value is -2.00. The Morgan fingerprint density at radius 3 is 1.01 bits per heavy atom. The van der Waals surface area contributed by atoms with Gasteiger partial charge in [-0.15, -0.1) is 0 Å². The van der Waals surface area contributed by atoms with Gasteiger partial charge < -0.3 is 34.6 Å². The number of rotatable bonds is 50. The van der Waals surface area contributed by atoms with Crippen molar-refractivity contribution in [2.45, 2.75) is 225 Å². The van der Waals surface area contributed by atoms with Crippen LogP contribution >= 0.6 is 15.6 Å². The van der Waals surface area contributed by atoms with Gasteiger partial charge in [-0.25, -0.2) is 9.13 Å². The fourth-order valence-electron chi connectivity index (χ4n) is 6.70. The lowest BCUT2D eigenvalue weighted by molar-refractivity contribution is -0.148. The molecule has 0 aromatic carbocycles. The van der Waals surface area contributed by atoms with Crippen LogP contribution in [0.25, 0.3) is 0 Å². The Bertz CT molecular complexity index is 1410. The molecule has 0 aromatic rings. The van der Waals surface area contributed by atoms with Crippen molar-refractivity contribution in [1.29, 1.82) is 0 Å². The van der Waals surface area contributed by atoms with Crippen LogP contribution in [0.15, 0.2) is 48.6 Å². The van der Waals surface area contributed by atoms with Gasteiger partial charge in [-0.1, -0.05) is 172 Å². The van der Waals surface area contributed by atoms with Crippen molar-refractivity contribution >= 4 is 27.6 Å². The number of ether oxygens (including phenoxy) is 2. The summed E-state index contributed by atoms with van der Waals surface area (Å²) in [6.07, 6.45) is 45.2. The third-order valence-electron chi connectivity index (χ3n) is 10.8. The molecule has 0 radical (unpaired) electrons. The Balaban J connectivity index is 3.85. The molecule has 5 unspecified atom stereocenters. The molecule has 17 heteroatoms. The smallest absolute Gasteiger partial charge is 0.463 e. The van der Waals surface area contributed by atoms with E-state index in [0.29, 0.717) is 12.8 Å². The zero-order chi connectivity index (χ0) is 50.2. The Kier molecular flexibility index (Phi) is 45.9. The topological polar surface area (TPSA) is 225 Å². The van der Waals surface area contributed by atoms with E-state index in [4.69, 9.17) is 14.0 Å². The molecule has 0 bridgehead atoms. The van der Waals surface area contributed by atoms with Crippen molar-refractivity contribution in [3.63, 3.8) is 0 Å². The van der Waals surface area contributed by atoms with Crippen LogP contribution in [0.1, 0.15) is 206 Å². The zero-order valence-electron chi connectivity index (χ0n) is 42.0. The van der Waals surface area contributed by atoms with Crippen LogP contribution < -0.4 is 0 Å². The van der Waals surface area contributed by atoms with Crippen molar-refractivity contribution in [3.05, 3.63) is 48.6 Å². The first-order chi connectivity index (χ1) is 32.8. The fourth-order valence-corrected chi connectivity index (χ4v) is 8.30.